The van der Waals surface area contributed by atoms with Gasteiger partial charge in [0, 0.05) is 18.2 Å². The van der Waals surface area contributed by atoms with Crippen molar-refractivity contribution in [1.29, 1.82) is 0 Å². The molecular formula is C25H21ClN4O5. The molecule has 9 nitrogen and oxygen atoms in total. The highest BCUT2D eigenvalue weighted by Gasteiger charge is 2.22. The molecule has 0 radical (unpaired) electrons. The number of rotatable bonds is 6. The number of nitrogens with two attached hydrogens (primary N) is 1. The van der Waals surface area contributed by atoms with E-state index in [1.54, 1.807) is 24.4 Å². The normalized spacial score (nSPS) is 14.1. The van der Waals surface area contributed by atoms with Crippen molar-refractivity contribution in [2.75, 3.05) is 5.73 Å². The van der Waals surface area contributed by atoms with Crippen LogP contribution < -0.4 is 19.9 Å². The molecule has 10 heteroatoms. The van der Waals surface area contributed by atoms with E-state index in [-0.39, 0.29) is 30.1 Å². The van der Waals surface area contributed by atoms with Gasteiger partial charge in [-0.25, -0.2) is 9.97 Å². The van der Waals surface area contributed by atoms with Gasteiger partial charge in [-0.15, -0.1) is 12.4 Å². The van der Waals surface area contributed by atoms with Gasteiger partial charge in [0.2, 0.25) is 11.8 Å². The first kappa shape index (κ1) is 23.8. The van der Waals surface area contributed by atoms with Crippen LogP contribution in [0.25, 0.3) is 0 Å². The molecule has 1 aliphatic rings. The van der Waals surface area contributed by atoms with Crippen molar-refractivity contribution >= 4 is 23.8 Å². The van der Waals surface area contributed by atoms with Crippen molar-refractivity contribution in [3.05, 3.63) is 100 Å². The number of anilines is 1. The first-order valence-corrected chi connectivity index (χ1v) is 10.6. The fraction of sp³-hybridized carbons (Fsp3) is 0.120. The molecule has 1 aliphatic heterocycles. The zero-order valence-corrected chi connectivity index (χ0v) is 19.2. The number of benzene rings is 2. The molecule has 178 valence electrons. The molecule has 2 N–H and O–H groups in total. The average Bonchev–Trinajstić information content (AvgIpc) is 2.86. The Morgan fingerprint density at radius 2 is 1.69 bits per heavy atom. The molecule has 0 aliphatic carbocycles. The van der Waals surface area contributed by atoms with Gasteiger partial charge in [-0.05, 0) is 60.4 Å². The van der Waals surface area contributed by atoms with Gasteiger partial charge in [-0.2, -0.15) is 0 Å². The third kappa shape index (κ3) is 5.59. The number of nitrogen functional groups attached to an aromatic ring is 1. The number of nitro groups is 1. The molecule has 0 saturated heterocycles. The average molecular weight is 493 g/mol. The number of hydrogen-bond acceptors (Lipinski definition) is 8. The lowest BCUT2D eigenvalue weighted by atomic mass is 9.97. The maximum atomic E-state index is 10.8. The van der Waals surface area contributed by atoms with Gasteiger partial charge in [0.15, 0.2) is 0 Å². The minimum atomic E-state index is -0.500. The summed E-state index contributed by atoms with van der Waals surface area (Å²) in [6.07, 6.45) is 4.20. The van der Waals surface area contributed by atoms with Crippen LogP contribution in [0.4, 0.5) is 11.4 Å². The lowest BCUT2D eigenvalue weighted by Crippen LogP contribution is -2.15. The van der Waals surface area contributed by atoms with Gasteiger partial charge in [0.25, 0.3) is 5.69 Å². The molecule has 0 spiro atoms. The molecule has 4 aromatic rings. The summed E-state index contributed by atoms with van der Waals surface area (Å²) in [4.78, 5) is 18.4. The van der Waals surface area contributed by atoms with E-state index in [1.807, 2.05) is 36.4 Å². The van der Waals surface area contributed by atoms with E-state index in [4.69, 9.17) is 19.9 Å². The number of fused-ring (bicyclic) bond motifs is 1. The molecule has 0 bridgehead atoms. The molecule has 0 amide bonds. The first-order valence-electron chi connectivity index (χ1n) is 10.6. The number of hydrogen-bond donors (Lipinski definition) is 1. The monoisotopic (exact) mass is 492 g/mol. The van der Waals surface area contributed by atoms with Gasteiger partial charge in [0.05, 0.1) is 16.8 Å². The second kappa shape index (κ2) is 10.3. The van der Waals surface area contributed by atoms with Gasteiger partial charge >= 0.3 is 0 Å². The second-order valence-corrected chi connectivity index (χ2v) is 7.73. The van der Waals surface area contributed by atoms with Crippen molar-refractivity contribution in [2.24, 2.45) is 0 Å². The minimum Gasteiger partial charge on any atom is -0.485 e. The Morgan fingerprint density at radius 3 is 2.37 bits per heavy atom. The van der Waals surface area contributed by atoms with Gasteiger partial charge in [-0.1, -0.05) is 12.1 Å². The van der Waals surface area contributed by atoms with Crippen LogP contribution in [-0.4, -0.2) is 14.9 Å². The van der Waals surface area contributed by atoms with Gasteiger partial charge < -0.3 is 19.9 Å². The van der Waals surface area contributed by atoms with Crippen LogP contribution in [0.2, 0.25) is 0 Å². The Morgan fingerprint density at radius 1 is 0.943 bits per heavy atom. The highest BCUT2D eigenvalue weighted by atomic mass is 35.5. The third-order valence-corrected chi connectivity index (χ3v) is 5.34. The van der Waals surface area contributed by atoms with E-state index < -0.39 is 4.92 Å². The Hall–Kier alpha value is -4.37. The molecule has 0 saturated carbocycles. The summed E-state index contributed by atoms with van der Waals surface area (Å²) >= 11 is 0. The van der Waals surface area contributed by atoms with Crippen molar-refractivity contribution in [3.63, 3.8) is 0 Å². The zero-order chi connectivity index (χ0) is 23.5. The highest BCUT2D eigenvalue weighted by molar-refractivity contribution is 5.85. The van der Waals surface area contributed by atoms with Crippen LogP contribution in [-0.2, 0) is 6.42 Å². The maximum absolute atomic E-state index is 10.8. The Bertz CT molecular complexity index is 1330. The smallest absolute Gasteiger partial charge is 0.287 e. The largest absolute Gasteiger partial charge is 0.485 e. The van der Waals surface area contributed by atoms with Crippen LogP contribution in [0.1, 0.15) is 23.7 Å². The molecule has 2 aromatic carbocycles. The van der Waals surface area contributed by atoms with Crippen LogP contribution in [0.3, 0.4) is 0 Å². The standard InChI is InChI=1S/C25H20N4O5.ClH/c26-18-5-10-24(27-14-18)33-21-7-9-23-17(13-21)4-8-22(34-23)16-2-1-3-20(12-16)32-25-11-6-19(15-28-25)29(30)31;/h1-3,5-7,9-15,22H,4,8,26H2;1H. The summed E-state index contributed by atoms with van der Waals surface area (Å²) in [7, 11) is 0. The van der Waals surface area contributed by atoms with Crippen molar-refractivity contribution < 1.29 is 19.1 Å². The minimum absolute atomic E-state index is 0. The molecule has 1 atom stereocenters. The summed E-state index contributed by atoms with van der Waals surface area (Å²) in [5.41, 5.74) is 8.19. The summed E-state index contributed by atoms with van der Waals surface area (Å²) in [6, 6.07) is 19.6. The Balaban J connectivity index is 0.00000289. The second-order valence-electron chi connectivity index (χ2n) is 7.73. The van der Waals surface area contributed by atoms with Gasteiger partial charge in [0.1, 0.15) is 29.5 Å². The van der Waals surface area contributed by atoms with E-state index in [9.17, 15) is 10.1 Å². The summed E-state index contributed by atoms with van der Waals surface area (Å²) in [5.74, 6) is 2.82. The van der Waals surface area contributed by atoms with Crippen molar-refractivity contribution in [3.8, 4) is 29.0 Å². The molecule has 5 rings (SSSR count). The molecule has 1 unspecified atom stereocenters. The van der Waals surface area contributed by atoms with E-state index in [2.05, 4.69) is 9.97 Å². The van der Waals surface area contributed by atoms with Crippen LogP contribution in [0.5, 0.6) is 29.0 Å². The van der Waals surface area contributed by atoms with E-state index >= 15 is 0 Å². The fourth-order valence-electron chi connectivity index (χ4n) is 3.68. The quantitative estimate of drug-likeness (QED) is 0.255. The Kier molecular flexibility index (Phi) is 6.98. The van der Waals surface area contributed by atoms with Crippen LogP contribution in [0.15, 0.2) is 79.1 Å². The number of aromatic nitrogens is 2. The van der Waals surface area contributed by atoms with Crippen LogP contribution >= 0.6 is 12.4 Å². The number of halogens is 1. The molecule has 2 aromatic heterocycles. The molecular weight excluding hydrogens is 472 g/mol. The molecule has 3 heterocycles. The molecule has 0 fully saturated rings. The maximum Gasteiger partial charge on any atom is 0.287 e. The zero-order valence-electron chi connectivity index (χ0n) is 18.4. The lowest BCUT2D eigenvalue weighted by molar-refractivity contribution is -0.385. The number of aryl methyl sites for hydroxylation is 1. The summed E-state index contributed by atoms with van der Waals surface area (Å²) in [6.45, 7) is 0. The summed E-state index contributed by atoms with van der Waals surface area (Å²) in [5, 5.41) is 10.8. The number of ether oxygens (including phenoxy) is 3. The number of nitrogens with zero attached hydrogens (tertiary/aromatic N) is 3. The van der Waals surface area contributed by atoms with E-state index in [0.717, 1.165) is 29.7 Å². The fourth-order valence-corrected chi connectivity index (χ4v) is 3.68. The predicted molar refractivity (Wildman–Crippen MR) is 132 cm³/mol. The third-order valence-electron chi connectivity index (χ3n) is 5.34. The highest BCUT2D eigenvalue weighted by Crippen LogP contribution is 2.38. The van der Waals surface area contributed by atoms with Crippen molar-refractivity contribution in [2.45, 2.75) is 18.9 Å². The summed E-state index contributed by atoms with van der Waals surface area (Å²) < 4.78 is 17.8. The van der Waals surface area contributed by atoms with Gasteiger partial charge in [-0.3, -0.25) is 10.1 Å². The predicted octanol–water partition coefficient (Wildman–Crippen LogP) is 6.04. The SMILES string of the molecule is Cl.Nc1ccc(Oc2ccc3c(c2)CCC(c2cccc(Oc4ccc([N+](=O)[O-])cn4)c2)O3)nc1. The molecule has 35 heavy (non-hydrogen) atoms. The van der Waals surface area contributed by atoms with E-state index in [1.165, 1.54) is 18.3 Å². The number of pyridine rings is 2. The van der Waals surface area contributed by atoms with Crippen molar-refractivity contribution in [1.82, 2.24) is 9.97 Å². The first-order chi connectivity index (χ1) is 16.5. The topological polar surface area (TPSA) is 123 Å². The lowest BCUT2D eigenvalue weighted by Gasteiger charge is -2.27. The van der Waals surface area contributed by atoms with Crippen LogP contribution in [0, 0.1) is 10.1 Å². The Labute approximate surface area is 207 Å². The van der Waals surface area contributed by atoms with E-state index in [0.29, 0.717) is 23.1 Å².